The molecule has 0 aliphatic carbocycles. The first kappa shape index (κ1) is 11.5. The minimum Gasteiger partial charge on any atom is -0.477 e. The van der Waals surface area contributed by atoms with Crippen molar-refractivity contribution < 1.29 is 9.90 Å². The highest BCUT2D eigenvalue weighted by molar-refractivity contribution is 6.08. The average molecular weight is 252 g/mol. The third kappa shape index (κ3) is 1.78. The first-order chi connectivity index (χ1) is 9.18. The van der Waals surface area contributed by atoms with Crippen LogP contribution in [-0.2, 0) is 0 Å². The van der Waals surface area contributed by atoms with E-state index in [1.165, 1.54) is 0 Å². The van der Waals surface area contributed by atoms with Gasteiger partial charge in [-0.05, 0) is 18.6 Å². The fourth-order valence-corrected chi connectivity index (χ4v) is 2.34. The van der Waals surface area contributed by atoms with E-state index in [1.807, 2.05) is 31.2 Å². The van der Waals surface area contributed by atoms with Crippen LogP contribution in [0.2, 0.25) is 0 Å². The van der Waals surface area contributed by atoms with Crippen LogP contribution in [0.3, 0.4) is 0 Å². The summed E-state index contributed by atoms with van der Waals surface area (Å²) in [7, 11) is 0. The molecule has 0 unspecified atom stereocenters. The first-order valence-electron chi connectivity index (χ1n) is 5.93. The van der Waals surface area contributed by atoms with Gasteiger partial charge in [0, 0.05) is 34.4 Å². The third-order valence-corrected chi connectivity index (χ3v) is 3.21. The molecule has 0 amide bonds. The van der Waals surface area contributed by atoms with Crippen LogP contribution in [0.25, 0.3) is 22.0 Å². The molecular formula is C15H12N2O2. The van der Waals surface area contributed by atoms with E-state index in [1.54, 1.807) is 18.5 Å². The van der Waals surface area contributed by atoms with Gasteiger partial charge < -0.3 is 10.1 Å². The number of fused-ring (bicyclic) bond motifs is 1. The minimum atomic E-state index is -0.963. The van der Waals surface area contributed by atoms with Crippen molar-refractivity contribution >= 4 is 16.9 Å². The van der Waals surface area contributed by atoms with Gasteiger partial charge >= 0.3 is 5.97 Å². The number of benzene rings is 1. The molecule has 1 aromatic carbocycles. The number of hydrogen-bond donors (Lipinski definition) is 2. The fourth-order valence-electron chi connectivity index (χ4n) is 2.34. The summed E-state index contributed by atoms with van der Waals surface area (Å²) >= 11 is 0. The molecule has 3 rings (SSSR count). The molecule has 0 radical (unpaired) electrons. The molecule has 4 nitrogen and oxygen atoms in total. The van der Waals surface area contributed by atoms with Crippen molar-refractivity contribution in [1.29, 1.82) is 0 Å². The molecule has 0 spiro atoms. The van der Waals surface area contributed by atoms with Crippen LogP contribution in [0.5, 0.6) is 0 Å². The number of nitrogens with one attached hydrogen (secondary N) is 1. The van der Waals surface area contributed by atoms with Gasteiger partial charge in [-0.25, -0.2) is 4.79 Å². The molecule has 0 bridgehead atoms. The number of para-hydroxylation sites is 1. The molecule has 4 heteroatoms. The standard InChI is InChI=1S/C15H12N2O2/c1-9-4-2-6-11-12(10-5-3-7-16-8-10)14(15(18)19)17-13(9)11/h2-8,17H,1H3,(H,18,19). The van der Waals surface area contributed by atoms with Crippen molar-refractivity contribution in [1.82, 2.24) is 9.97 Å². The van der Waals surface area contributed by atoms with E-state index in [2.05, 4.69) is 9.97 Å². The third-order valence-electron chi connectivity index (χ3n) is 3.21. The molecule has 3 aromatic rings. The maximum absolute atomic E-state index is 11.4. The predicted octanol–water partition coefficient (Wildman–Crippen LogP) is 3.24. The Bertz CT molecular complexity index is 760. The van der Waals surface area contributed by atoms with Crippen LogP contribution < -0.4 is 0 Å². The SMILES string of the molecule is Cc1cccc2c(-c3cccnc3)c(C(=O)O)[nH]c12. The number of aromatic nitrogens is 2. The highest BCUT2D eigenvalue weighted by Gasteiger charge is 2.19. The van der Waals surface area contributed by atoms with Gasteiger partial charge in [-0.3, -0.25) is 4.98 Å². The molecule has 0 saturated carbocycles. The van der Waals surface area contributed by atoms with Crippen molar-refractivity contribution in [2.75, 3.05) is 0 Å². The number of carbonyl (C=O) groups is 1. The Kier molecular flexibility index (Phi) is 2.56. The van der Waals surface area contributed by atoms with E-state index < -0.39 is 5.97 Å². The van der Waals surface area contributed by atoms with E-state index in [4.69, 9.17) is 0 Å². The predicted molar refractivity (Wildman–Crippen MR) is 73.2 cm³/mol. The largest absolute Gasteiger partial charge is 0.477 e. The molecule has 0 saturated heterocycles. The smallest absolute Gasteiger partial charge is 0.352 e. The second-order valence-electron chi connectivity index (χ2n) is 4.42. The summed E-state index contributed by atoms with van der Waals surface area (Å²) in [5, 5.41) is 10.3. The van der Waals surface area contributed by atoms with E-state index in [0.717, 1.165) is 22.0 Å². The Morgan fingerprint density at radius 1 is 1.26 bits per heavy atom. The van der Waals surface area contributed by atoms with Crippen LogP contribution in [0.15, 0.2) is 42.7 Å². The molecule has 0 aliphatic rings. The van der Waals surface area contributed by atoms with Gasteiger partial charge in [-0.15, -0.1) is 0 Å². The van der Waals surface area contributed by atoms with Crippen molar-refractivity contribution in [3.8, 4) is 11.1 Å². The molecule has 2 heterocycles. The van der Waals surface area contributed by atoms with Gasteiger partial charge in [-0.2, -0.15) is 0 Å². The number of aromatic amines is 1. The average Bonchev–Trinajstić information content (AvgIpc) is 2.81. The van der Waals surface area contributed by atoms with E-state index in [9.17, 15) is 9.90 Å². The van der Waals surface area contributed by atoms with Crippen LogP contribution in [0.4, 0.5) is 0 Å². The van der Waals surface area contributed by atoms with E-state index in [0.29, 0.717) is 5.56 Å². The second-order valence-corrected chi connectivity index (χ2v) is 4.42. The summed E-state index contributed by atoms with van der Waals surface area (Å²) in [6.07, 6.45) is 3.35. The molecular weight excluding hydrogens is 240 g/mol. The summed E-state index contributed by atoms with van der Waals surface area (Å²) in [5.41, 5.74) is 3.59. The van der Waals surface area contributed by atoms with Crippen LogP contribution in [0.1, 0.15) is 16.1 Å². The zero-order valence-corrected chi connectivity index (χ0v) is 10.3. The Hall–Kier alpha value is -2.62. The normalized spacial score (nSPS) is 10.8. The summed E-state index contributed by atoms with van der Waals surface area (Å²) in [5.74, 6) is -0.963. The van der Waals surface area contributed by atoms with Gasteiger partial charge in [-0.1, -0.05) is 24.3 Å². The summed E-state index contributed by atoms with van der Waals surface area (Å²) in [6.45, 7) is 1.96. The number of H-pyrrole nitrogens is 1. The zero-order valence-electron chi connectivity index (χ0n) is 10.3. The Balaban J connectivity index is 2.42. The van der Waals surface area contributed by atoms with Crippen LogP contribution in [0, 0.1) is 6.92 Å². The van der Waals surface area contributed by atoms with E-state index >= 15 is 0 Å². The van der Waals surface area contributed by atoms with Gasteiger partial charge in [0.05, 0.1) is 0 Å². The number of carboxylic acids is 1. The zero-order chi connectivity index (χ0) is 13.4. The topological polar surface area (TPSA) is 66.0 Å². The molecule has 94 valence electrons. The summed E-state index contributed by atoms with van der Waals surface area (Å²) in [4.78, 5) is 18.5. The number of rotatable bonds is 2. The van der Waals surface area contributed by atoms with Crippen LogP contribution >= 0.6 is 0 Å². The summed E-state index contributed by atoms with van der Waals surface area (Å²) < 4.78 is 0. The number of aryl methyl sites for hydroxylation is 1. The Morgan fingerprint density at radius 3 is 2.79 bits per heavy atom. The number of pyridine rings is 1. The highest BCUT2D eigenvalue weighted by atomic mass is 16.4. The van der Waals surface area contributed by atoms with Crippen LogP contribution in [-0.4, -0.2) is 21.0 Å². The maximum atomic E-state index is 11.4. The molecule has 2 aromatic heterocycles. The lowest BCUT2D eigenvalue weighted by molar-refractivity contribution is 0.0692. The first-order valence-corrected chi connectivity index (χ1v) is 5.93. The number of aromatic carboxylic acids is 1. The second kappa shape index (κ2) is 4.24. The minimum absolute atomic E-state index is 0.206. The van der Waals surface area contributed by atoms with Crippen molar-refractivity contribution in [2.45, 2.75) is 6.92 Å². The van der Waals surface area contributed by atoms with Gasteiger partial charge in [0.2, 0.25) is 0 Å². The maximum Gasteiger partial charge on any atom is 0.352 e. The number of carboxylic acid groups (broad SMARTS) is 1. The van der Waals surface area contributed by atoms with E-state index in [-0.39, 0.29) is 5.69 Å². The van der Waals surface area contributed by atoms with Gasteiger partial charge in [0.1, 0.15) is 5.69 Å². The number of hydrogen-bond acceptors (Lipinski definition) is 2. The molecule has 0 aliphatic heterocycles. The number of nitrogens with zero attached hydrogens (tertiary/aromatic N) is 1. The van der Waals surface area contributed by atoms with Gasteiger partial charge in [0.25, 0.3) is 0 Å². The Morgan fingerprint density at radius 2 is 2.11 bits per heavy atom. The molecule has 0 fully saturated rings. The summed E-state index contributed by atoms with van der Waals surface area (Å²) in [6, 6.07) is 9.47. The lowest BCUT2D eigenvalue weighted by atomic mass is 10.0. The van der Waals surface area contributed by atoms with Crippen molar-refractivity contribution in [3.63, 3.8) is 0 Å². The van der Waals surface area contributed by atoms with Crippen molar-refractivity contribution in [3.05, 3.63) is 54.0 Å². The fraction of sp³-hybridized carbons (Fsp3) is 0.0667. The monoisotopic (exact) mass is 252 g/mol. The van der Waals surface area contributed by atoms with Crippen molar-refractivity contribution in [2.24, 2.45) is 0 Å². The molecule has 0 atom stereocenters. The molecule has 19 heavy (non-hydrogen) atoms. The quantitative estimate of drug-likeness (QED) is 0.735. The highest BCUT2D eigenvalue weighted by Crippen LogP contribution is 2.33. The lowest BCUT2D eigenvalue weighted by Gasteiger charge is -2.01. The molecule has 2 N–H and O–H groups in total. The lowest BCUT2D eigenvalue weighted by Crippen LogP contribution is -1.98. The Labute approximate surface area is 109 Å². The van der Waals surface area contributed by atoms with Gasteiger partial charge in [0.15, 0.2) is 0 Å².